The summed E-state index contributed by atoms with van der Waals surface area (Å²) in [4.78, 5) is 0. The van der Waals surface area contributed by atoms with E-state index < -0.39 is 17.6 Å². The van der Waals surface area contributed by atoms with Gasteiger partial charge in [0.2, 0.25) is 0 Å². The Kier molecular flexibility index (Phi) is 6.06. The second-order valence-corrected chi connectivity index (χ2v) is 8.07. The van der Waals surface area contributed by atoms with E-state index in [1.807, 2.05) is 24.3 Å². The van der Waals surface area contributed by atoms with Gasteiger partial charge in [0, 0.05) is 23.9 Å². The van der Waals surface area contributed by atoms with E-state index in [2.05, 4.69) is 26.1 Å². The Morgan fingerprint density at radius 2 is 1.47 bits per heavy atom. The molecule has 0 aliphatic heterocycles. The maximum absolute atomic E-state index is 14.0. The lowest BCUT2D eigenvalue weighted by molar-refractivity contribution is -0.137. The Morgan fingerprint density at radius 1 is 0.800 bits per heavy atom. The van der Waals surface area contributed by atoms with Crippen molar-refractivity contribution in [3.8, 4) is 11.5 Å². The first kappa shape index (κ1) is 21.7. The van der Waals surface area contributed by atoms with Crippen LogP contribution >= 0.6 is 0 Å². The number of alkyl halides is 3. The second-order valence-electron chi connectivity index (χ2n) is 8.07. The van der Waals surface area contributed by atoms with E-state index >= 15 is 0 Å². The molecule has 0 saturated carbocycles. The third kappa shape index (κ3) is 5.53. The summed E-state index contributed by atoms with van der Waals surface area (Å²) in [6.45, 7) is 6.41. The SMILES string of the molecule is CC(C)(C)c1cccc(Oc2cccc(NCc3ccc(C(F)(F)F)cc3F)c2)c1. The second kappa shape index (κ2) is 8.38. The van der Waals surface area contributed by atoms with Crippen LogP contribution in [0.3, 0.4) is 0 Å². The minimum Gasteiger partial charge on any atom is -0.457 e. The Morgan fingerprint density at radius 3 is 2.10 bits per heavy atom. The first-order chi connectivity index (χ1) is 14.0. The van der Waals surface area contributed by atoms with Crippen molar-refractivity contribution in [1.29, 1.82) is 0 Å². The largest absolute Gasteiger partial charge is 0.457 e. The van der Waals surface area contributed by atoms with Crippen LogP contribution in [-0.4, -0.2) is 0 Å². The highest BCUT2D eigenvalue weighted by atomic mass is 19.4. The highest BCUT2D eigenvalue weighted by molar-refractivity contribution is 5.50. The molecule has 30 heavy (non-hydrogen) atoms. The molecule has 0 radical (unpaired) electrons. The van der Waals surface area contributed by atoms with Gasteiger partial charge in [-0.3, -0.25) is 0 Å². The van der Waals surface area contributed by atoms with Crippen LogP contribution in [-0.2, 0) is 18.1 Å². The van der Waals surface area contributed by atoms with E-state index in [1.54, 1.807) is 24.3 Å². The molecule has 0 amide bonds. The maximum atomic E-state index is 14.0. The van der Waals surface area contributed by atoms with Gasteiger partial charge in [-0.25, -0.2) is 4.39 Å². The molecule has 0 aliphatic rings. The van der Waals surface area contributed by atoms with E-state index in [1.165, 1.54) is 0 Å². The third-order valence-electron chi connectivity index (χ3n) is 4.63. The van der Waals surface area contributed by atoms with Gasteiger partial charge >= 0.3 is 6.18 Å². The molecule has 2 nitrogen and oxygen atoms in total. The Labute approximate surface area is 173 Å². The number of hydrogen-bond acceptors (Lipinski definition) is 2. The molecule has 0 aliphatic carbocycles. The van der Waals surface area contributed by atoms with Gasteiger partial charge in [0.15, 0.2) is 0 Å². The van der Waals surface area contributed by atoms with Crippen LogP contribution in [0, 0.1) is 5.82 Å². The molecule has 1 N–H and O–H groups in total. The molecule has 0 saturated heterocycles. The van der Waals surface area contributed by atoms with Crippen molar-refractivity contribution >= 4 is 5.69 Å². The van der Waals surface area contributed by atoms with Crippen molar-refractivity contribution < 1.29 is 22.3 Å². The lowest BCUT2D eigenvalue weighted by atomic mass is 9.87. The van der Waals surface area contributed by atoms with Crippen molar-refractivity contribution in [2.75, 3.05) is 5.32 Å². The van der Waals surface area contributed by atoms with Gasteiger partial charge in [-0.15, -0.1) is 0 Å². The average molecular weight is 417 g/mol. The zero-order valence-corrected chi connectivity index (χ0v) is 17.0. The summed E-state index contributed by atoms with van der Waals surface area (Å²) in [5.74, 6) is 0.399. The van der Waals surface area contributed by atoms with E-state index in [9.17, 15) is 17.6 Å². The molecular weight excluding hydrogens is 394 g/mol. The highest BCUT2D eigenvalue weighted by Gasteiger charge is 2.31. The van der Waals surface area contributed by atoms with Crippen LogP contribution in [0.25, 0.3) is 0 Å². The molecule has 0 heterocycles. The Balaban J connectivity index is 1.69. The van der Waals surface area contributed by atoms with Crippen LogP contribution in [0.15, 0.2) is 66.7 Å². The summed E-state index contributed by atoms with van der Waals surface area (Å²) in [5, 5.41) is 3.02. The van der Waals surface area contributed by atoms with Crippen molar-refractivity contribution in [2.24, 2.45) is 0 Å². The van der Waals surface area contributed by atoms with Gasteiger partial charge < -0.3 is 10.1 Å². The van der Waals surface area contributed by atoms with Crippen LogP contribution in [0.5, 0.6) is 11.5 Å². The summed E-state index contributed by atoms with van der Waals surface area (Å²) in [6.07, 6.45) is -4.57. The van der Waals surface area contributed by atoms with Crippen molar-refractivity contribution in [2.45, 2.75) is 38.9 Å². The summed E-state index contributed by atoms with van der Waals surface area (Å²) in [5.41, 5.74) is 0.948. The topological polar surface area (TPSA) is 21.3 Å². The number of halogens is 4. The average Bonchev–Trinajstić information content (AvgIpc) is 2.66. The van der Waals surface area contributed by atoms with Crippen molar-refractivity contribution in [3.63, 3.8) is 0 Å². The number of anilines is 1. The van der Waals surface area contributed by atoms with Crippen LogP contribution in [0.1, 0.15) is 37.5 Å². The quantitative estimate of drug-likeness (QED) is 0.433. The van der Waals surface area contributed by atoms with Crippen LogP contribution in [0.4, 0.5) is 23.2 Å². The van der Waals surface area contributed by atoms with Gasteiger partial charge in [-0.2, -0.15) is 13.2 Å². The molecule has 0 fully saturated rings. The first-order valence-corrected chi connectivity index (χ1v) is 9.50. The van der Waals surface area contributed by atoms with Crippen molar-refractivity contribution in [1.82, 2.24) is 0 Å². The summed E-state index contributed by atoms with van der Waals surface area (Å²) in [7, 11) is 0. The zero-order valence-electron chi connectivity index (χ0n) is 17.0. The standard InChI is InChI=1S/C24H23F4NO/c1-23(2,3)17-6-4-8-20(12-17)30-21-9-5-7-19(14-21)29-15-16-10-11-18(13-22(16)25)24(26,27)28/h4-14,29H,15H2,1-3H3. The van der Waals surface area contributed by atoms with Crippen molar-refractivity contribution in [3.05, 3.63) is 89.2 Å². The predicted molar refractivity (Wildman–Crippen MR) is 110 cm³/mol. The van der Waals surface area contributed by atoms with Crippen LogP contribution in [0.2, 0.25) is 0 Å². The molecule has 0 aromatic heterocycles. The molecule has 6 heteroatoms. The summed E-state index contributed by atoms with van der Waals surface area (Å²) in [6, 6.07) is 17.5. The summed E-state index contributed by atoms with van der Waals surface area (Å²) < 4.78 is 58.0. The van der Waals surface area contributed by atoms with Gasteiger partial charge in [0.1, 0.15) is 17.3 Å². The molecular formula is C24H23F4NO. The zero-order chi connectivity index (χ0) is 21.9. The monoisotopic (exact) mass is 417 g/mol. The molecule has 0 unspecified atom stereocenters. The first-order valence-electron chi connectivity index (χ1n) is 9.50. The Hall–Kier alpha value is -3.02. The molecule has 3 aromatic rings. The van der Waals surface area contributed by atoms with E-state index in [0.29, 0.717) is 23.3 Å². The minimum absolute atomic E-state index is 0.00545. The van der Waals surface area contributed by atoms with E-state index in [4.69, 9.17) is 4.74 Å². The van der Waals surface area contributed by atoms with E-state index in [0.717, 1.165) is 17.7 Å². The van der Waals surface area contributed by atoms with Gasteiger partial charge in [0.05, 0.1) is 5.56 Å². The molecule has 158 valence electrons. The highest BCUT2D eigenvalue weighted by Crippen LogP contribution is 2.31. The number of rotatable bonds is 5. The number of hydrogen-bond donors (Lipinski definition) is 1. The lowest BCUT2D eigenvalue weighted by Gasteiger charge is -2.19. The van der Waals surface area contributed by atoms with Gasteiger partial charge in [-0.1, -0.05) is 45.0 Å². The predicted octanol–water partition coefficient (Wildman–Crippen LogP) is 7.55. The fourth-order valence-electron chi connectivity index (χ4n) is 2.90. The number of ether oxygens (including phenoxy) is 1. The van der Waals surface area contributed by atoms with Gasteiger partial charge in [0.25, 0.3) is 0 Å². The third-order valence-corrected chi connectivity index (χ3v) is 4.63. The normalized spacial score (nSPS) is 12.0. The maximum Gasteiger partial charge on any atom is 0.416 e. The molecule has 0 spiro atoms. The number of benzene rings is 3. The summed E-state index contributed by atoms with van der Waals surface area (Å²) >= 11 is 0. The van der Waals surface area contributed by atoms with Crippen LogP contribution < -0.4 is 10.1 Å². The molecule has 0 atom stereocenters. The van der Waals surface area contributed by atoms with E-state index in [-0.39, 0.29) is 17.5 Å². The van der Waals surface area contributed by atoms with Gasteiger partial charge in [-0.05, 0) is 47.4 Å². The minimum atomic E-state index is -4.57. The molecule has 3 aromatic carbocycles. The Bertz CT molecular complexity index is 1020. The smallest absolute Gasteiger partial charge is 0.416 e. The lowest BCUT2D eigenvalue weighted by Crippen LogP contribution is -2.10. The molecule has 0 bridgehead atoms. The molecule has 3 rings (SSSR count). The number of nitrogens with one attached hydrogen (secondary N) is 1. The fraction of sp³-hybridized carbons (Fsp3) is 0.250. The fourth-order valence-corrected chi connectivity index (χ4v) is 2.90.